The van der Waals surface area contributed by atoms with Gasteiger partial charge in [-0.3, -0.25) is 9.69 Å². The highest BCUT2D eigenvalue weighted by Crippen LogP contribution is 2.34. The molecule has 24 heavy (non-hydrogen) atoms. The predicted molar refractivity (Wildman–Crippen MR) is 93.4 cm³/mol. The van der Waals surface area contributed by atoms with Gasteiger partial charge in [-0.15, -0.1) is 0 Å². The topological polar surface area (TPSA) is 46.6 Å². The second-order valence-corrected chi connectivity index (χ2v) is 5.72. The highest BCUT2D eigenvalue weighted by molar-refractivity contribution is 6.15. The van der Waals surface area contributed by atoms with Crippen molar-refractivity contribution in [2.24, 2.45) is 0 Å². The zero-order chi connectivity index (χ0) is 17.1. The number of carbonyl (C=O) groups is 2. The van der Waals surface area contributed by atoms with Crippen LogP contribution in [0.3, 0.4) is 0 Å². The molecule has 0 saturated heterocycles. The number of hydrogen-bond acceptors (Lipinski definition) is 3. The molecule has 0 aliphatic carbocycles. The Hall–Kier alpha value is -2.88. The van der Waals surface area contributed by atoms with Gasteiger partial charge in [-0.1, -0.05) is 48.5 Å². The summed E-state index contributed by atoms with van der Waals surface area (Å²) in [5.74, 6) is -0.574. The lowest BCUT2D eigenvalue weighted by molar-refractivity contribution is -0.143. The van der Waals surface area contributed by atoms with Crippen LogP contribution in [0.2, 0.25) is 0 Å². The molecular weight excluding hydrogens is 302 g/mol. The normalized spacial score (nSPS) is 17.8. The molecule has 3 rings (SSSR count). The quantitative estimate of drug-likeness (QED) is 0.814. The number of ether oxygens (including phenoxy) is 1. The Morgan fingerprint density at radius 3 is 2.21 bits per heavy atom. The van der Waals surface area contributed by atoms with E-state index in [1.165, 1.54) is 12.0 Å². The first kappa shape index (κ1) is 16.0. The van der Waals surface area contributed by atoms with Crippen molar-refractivity contribution in [3.05, 3.63) is 71.8 Å². The molecule has 1 aliphatic rings. The standard InChI is InChI=1S/C20H19NO3/c1-14-17(15-9-5-3-6-10-15)13-18(20(23)24-2)21(19(14)22)16-11-7-4-8-12-16/h3-12,18H,13H2,1-2H3. The maximum Gasteiger partial charge on any atom is 0.329 e. The molecule has 2 aromatic rings. The predicted octanol–water partition coefficient (Wildman–Crippen LogP) is 3.44. The fourth-order valence-electron chi connectivity index (χ4n) is 3.07. The molecule has 1 amide bonds. The molecule has 0 saturated carbocycles. The van der Waals surface area contributed by atoms with Gasteiger partial charge in [0.2, 0.25) is 0 Å². The summed E-state index contributed by atoms with van der Waals surface area (Å²) in [4.78, 5) is 26.9. The number of para-hydroxylation sites is 1. The molecule has 0 N–H and O–H groups in total. The molecule has 122 valence electrons. The van der Waals surface area contributed by atoms with E-state index in [2.05, 4.69) is 0 Å². The van der Waals surface area contributed by atoms with Crippen LogP contribution in [-0.4, -0.2) is 25.0 Å². The lowest BCUT2D eigenvalue weighted by Gasteiger charge is -2.35. The van der Waals surface area contributed by atoms with Crippen LogP contribution in [-0.2, 0) is 14.3 Å². The molecule has 4 heteroatoms. The lowest BCUT2D eigenvalue weighted by Crippen LogP contribution is -2.49. The summed E-state index contributed by atoms with van der Waals surface area (Å²) in [7, 11) is 1.35. The van der Waals surface area contributed by atoms with Gasteiger partial charge in [0, 0.05) is 17.7 Å². The first-order chi connectivity index (χ1) is 11.6. The van der Waals surface area contributed by atoms with Crippen LogP contribution in [0.5, 0.6) is 0 Å². The molecular formula is C20H19NO3. The van der Waals surface area contributed by atoms with E-state index in [4.69, 9.17) is 4.74 Å². The van der Waals surface area contributed by atoms with Gasteiger partial charge in [0.25, 0.3) is 5.91 Å². The Kier molecular flexibility index (Phi) is 4.47. The number of hydrogen-bond donors (Lipinski definition) is 0. The van der Waals surface area contributed by atoms with E-state index in [0.717, 1.165) is 11.1 Å². The summed E-state index contributed by atoms with van der Waals surface area (Å²) in [6.07, 6.45) is 0.434. The number of anilines is 1. The van der Waals surface area contributed by atoms with Crippen LogP contribution >= 0.6 is 0 Å². The minimum atomic E-state index is -0.663. The van der Waals surface area contributed by atoms with Gasteiger partial charge >= 0.3 is 5.97 Å². The number of amides is 1. The van der Waals surface area contributed by atoms with E-state index in [1.807, 2.05) is 67.6 Å². The van der Waals surface area contributed by atoms with Gasteiger partial charge in [-0.2, -0.15) is 0 Å². The average Bonchev–Trinajstić information content (AvgIpc) is 2.64. The molecule has 0 radical (unpaired) electrons. The highest BCUT2D eigenvalue weighted by Gasteiger charge is 2.38. The number of nitrogens with zero attached hydrogens (tertiary/aromatic N) is 1. The maximum atomic E-state index is 13.0. The van der Waals surface area contributed by atoms with Gasteiger partial charge in [0.1, 0.15) is 6.04 Å². The first-order valence-electron chi connectivity index (χ1n) is 7.85. The Balaban J connectivity index is 2.10. The zero-order valence-corrected chi connectivity index (χ0v) is 13.7. The minimum absolute atomic E-state index is 0.165. The van der Waals surface area contributed by atoms with E-state index >= 15 is 0 Å². The number of rotatable bonds is 3. The molecule has 1 aliphatic heterocycles. The van der Waals surface area contributed by atoms with Gasteiger partial charge in [-0.05, 0) is 30.2 Å². The van der Waals surface area contributed by atoms with Crippen LogP contribution in [0.25, 0.3) is 5.57 Å². The third kappa shape index (κ3) is 2.83. The average molecular weight is 321 g/mol. The monoisotopic (exact) mass is 321 g/mol. The summed E-state index contributed by atoms with van der Waals surface area (Å²) in [5, 5.41) is 0. The minimum Gasteiger partial charge on any atom is -0.467 e. The van der Waals surface area contributed by atoms with Crippen molar-refractivity contribution in [3.63, 3.8) is 0 Å². The van der Waals surface area contributed by atoms with Crippen molar-refractivity contribution in [2.45, 2.75) is 19.4 Å². The van der Waals surface area contributed by atoms with Crippen LogP contribution in [0.4, 0.5) is 5.69 Å². The second kappa shape index (κ2) is 6.71. The summed E-state index contributed by atoms with van der Waals surface area (Å²) in [6, 6.07) is 18.3. The molecule has 0 spiro atoms. The van der Waals surface area contributed by atoms with Crippen molar-refractivity contribution in [1.82, 2.24) is 0 Å². The van der Waals surface area contributed by atoms with Crippen LogP contribution in [0, 0.1) is 0 Å². The molecule has 0 aromatic heterocycles. The largest absolute Gasteiger partial charge is 0.467 e. The van der Waals surface area contributed by atoms with E-state index in [0.29, 0.717) is 17.7 Å². The number of esters is 1. The Bertz CT molecular complexity index is 781. The van der Waals surface area contributed by atoms with Crippen LogP contribution in [0.15, 0.2) is 66.2 Å². The zero-order valence-electron chi connectivity index (χ0n) is 13.7. The molecule has 1 heterocycles. The Morgan fingerprint density at radius 1 is 1.04 bits per heavy atom. The molecule has 1 atom stereocenters. The van der Waals surface area contributed by atoms with Gasteiger partial charge in [0.05, 0.1) is 7.11 Å². The molecule has 4 nitrogen and oxygen atoms in total. The Labute approximate surface area is 141 Å². The lowest BCUT2D eigenvalue weighted by atomic mass is 9.88. The fourth-order valence-corrected chi connectivity index (χ4v) is 3.07. The SMILES string of the molecule is COC(=O)C1CC(c2ccccc2)=C(C)C(=O)N1c1ccccc1. The maximum absolute atomic E-state index is 13.0. The molecule has 0 fully saturated rings. The summed E-state index contributed by atoms with van der Waals surface area (Å²) >= 11 is 0. The summed E-state index contributed by atoms with van der Waals surface area (Å²) in [5.41, 5.74) is 3.21. The van der Waals surface area contributed by atoms with E-state index in [9.17, 15) is 9.59 Å². The van der Waals surface area contributed by atoms with E-state index in [1.54, 1.807) is 0 Å². The van der Waals surface area contributed by atoms with Gasteiger partial charge in [0.15, 0.2) is 0 Å². The van der Waals surface area contributed by atoms with Crippen molar-refractivity contribution in [1.29, 1.82) is 0 Å². The second-order valence-electron chi connectivity index (χ2n) is 5.72. The van der Waals surface area contributed by atoms with Crippen molar-refractivity contribution in [3.8, 4) is 0 Å². The van der Waals surface area contributed by atoms with Crippen LogP contribution in [0.1, 0.15) is 18.9 Å². The summed E-state index contributed by atoms with van der Waals surface area (Å²) in [6.45, 7) is 1.81. The molecule has 0 bridgehead atoms. The fraction of sp³-hybridized carbons (Fsp3) is 0.200. The van der Waals surface area contributed by atoms with Crippen LogP contribution < -0.4 is 4.90 Å². The van der Waals surface area contributed by atoms with Gasteiger partial charge in [-0.25, -0.2) is 4.79 Å². The van der Waals surface area contributed by atoms with Crippen molar-refractivity contribution in [2.75, 3.05) is 12.0 Å². The number of benzene rings is 2. The third-order valence-electron chi connectivity index (χ3n) is 4.33. The summed E-state index contributed by atoms with van der Waals surface area (Å²) < 4.78 is 4.95. The van der Waals surface area contributed by atoms with Crippen molar-refractivity contribution >= 4 is 23.1 Å². The van der Waals surface area contributed by atoms with E-state index < -0.39 is 12.0 Å². The highest BCUT2D eigenvalue weighted by atomic mass is 16.5. The third-order valence-corrected chi connectivity index (χ3v) is 4.33. The van der Waals surface area contributed by atoms with Crippen molar-refractivity contribution < 1.29 is 14.3 Å². The number of methoxy groups -OCH3 is 1. The Morgan fingerprint density at radius 2 is 1.62 bits per heavy atom. The smallest absolute Gasteiger partial charge is 0.329 e. The van der Waals surface area contributed by atoms with Gasteiger partial charge < -0.3 is 4.74 Å². The number of carbonyl (C=O) groups excluding carboxylic acids is 2. The van der Waals surface area contributed by atoms with E-state index in [-0.39, 0.29) is 5.91 Å². The first-order valence-corrected chi connectivity index (χ1v) is 7.85. The molecule has 1 unspecified atom stereocenters. The molecule has 2 aromatic carbocycles.